The van der Waals surface area contributed by atoms with Gasteiger partial charge in [-0.25, -0.2) is 4.79 Å². The average molecular weight is 400 g/mol. The third kappa shape index (κ3) is 3.69. The van der Waals surface area contributed by atoms with Gasteiger partial charge in [-0.2, -0.15) is 11.3 Å². The summed E-state index contributed by atoms with van der Waals surface area (Å²) >= 11 is 1.60. The number of hydrogen-bond donors (Lipinski definition) is 1. The Morgan fingerprint density at radius 3 is 2.64 bits per heavy atom. The Morgan fingerprint density at radius 1 is 1.21 bits per heavy atom. The van der Waals surface area contributed by atoms with Gasteiger partial charge in [0.1, 0.15) is 6.10 Å². The normalized spacial score (nSPS) is 25.4. The Balaban J connectivity index is 1.71. The molecule has 1 saturated carbocycles. The molecule has 0 amide bonds. The van der Waals surface area contributed by atoms with Crippen LogP contribution in [0, 0.1) is 5.41 Å². The molecule has 1 aliphatic heterocycles. The number of rotatable bonds is 3. The molecule has 2 aliphatic carbocycles. The van der Waals surface area contributed by atoms with E-state index in [1.54, 1.807) is 11.3 Å². The molecule has 1 atom stereocenters. The lowest BCUT2D eigenvalue weighted by Crippen LogP contribution is -2.39. The van der Waals surface area contributed by atoms with Gasteiger partial charge in [0.25, 0.3) is 0 Å². The van der Waals surface area contributed by atoms with Crippen molar-refractivity contribution in [2.75, 3.05) is 0 Å². The fraction of sp³-hybridized carbons (Fsp3) is 0.565. The maximum absolute atomic E-state index is 13.2. The number of Topliss-reactive ketones (excluding diaryl/α,β-unsaturated/α-hetero) is 1. The standard InChI is InChI=1S/C23H29NO3S/c1-14-19(22(26)27-16-7-5-4-6-8-16)20(15-9-10-28-13-15)21-17(24-14)11-23(2,3)12-18(21)25/h9-10,13,16,20,24H,4-8,11-12H2,1-3H3. The molecule has 3 aliphatic rings. The number of ketones is 1. The number of carbonyl (C=O) groups is 2. The lowest BCUT2D eigenvalue weighted by atomic mass is 9.69. The highest BCUT2D eigenvalue weighted by Crippen LogP contribution is 2.47. The molecule has 0 spiro atoms. The number of hydrogen-bond acceptors (Lipinski definition) is 5. The summed E-state index contributed by atoms with van der Waals surface area (Å²) in [4.78, 5) is 26.4. The van der Waals surface area contributed by atoms with E-state index in [0.717, 1.165) is 54.6 Å². The topological polar surface area (TPSA) is 55.4 Å². The highest BCUT2D eigenvalue weighted by atomic mass is 32.1. The van der Waals surface area contributed by atoms with Crippen molar-refractivity contribution in [1.82, 2.24) is 5.32 Å². The van der Waals surface area contributed by atoms with Crippen molar-refractivity contribution in [3.8, 4) is 0 Å². The molecular weight excluding hydrogens is 370 g/mol. The molecule has 150 valence electrons. The summed E-state index contributed by atoms with van der Waals surface area (Å²) in [6, 6.07) is 2.03. The summed E-state index contributed by atoms with van der Waals surface area (Å²) in [5.74, 6) is -0.440. The largest absolute Gasteiger partial charge is 0.459 e. The molecule has 0 radical (unpaired) electrons. The number of esters is 1. The molecule has 0 saturated heterocycles. The molecule has 4 nitrogen and oxygen atoms in total. The van der Waals surface area contributed by atoms with Crippen molar-refractivity contribution >= 4 is 23.1 Å². The number of dihydropyridines is 1. The van der Waals surface area contributed by atoms with Crippen LogP contribution in [0.25, 0.3) is 0 Å². The van der Waals surface area contributed by atoms with E-state index in [-0.39, 0.29) is 29.2 Å². The third-order valence-electron chi connectivity index (χ3n) is 6.16. The molecule has 1 N–H and O–H groups in total. The Morgan fingerprint density at radius 2 is 1.96 bits per heavy atom. The summed E-state index contributed by atoms with van der Waals surface area (Å²) in [7, 11) is 0. The minimum Gasteiger partial charge on any atom is -0.459 e. The van der Waals surface area contributed by atoms with Gasteiger partial charge in [-0.05, 0) is 66.8 Å². The minimum absolute atomic E-state index is 0.000965. The molecular formula is C23H29NO3S. The van der Waals surface area contributed by atoms with Crippen molar-refractivity contribution in [3.05, 3.63) is 44.9 Å². The zero-order valence-corrected chi connectivity index (χ0v) is 17.8. The van der Waals surface area contributed by atoms with Crippen molar-refractivity contribution in [3.63, 3.8) is 0 Å². The first-order valence-corrected chi connectivity index (χ1v) is 11.3. The molecule has 1 fully saturated rings. The molecule has 5 heteroatoms. The lowest BCUT2D eigenvalue weighted by molar-refractivity contribution is -0.146. The van der Waals surface area contributed by atoms with Crippen LogP contribution < -0.4 is 5.32 Å². The predicted octanol–water partition coefficient (Wildman–Crippen LogP) is 5.23. The van der Waals surface area contributed by atoms with E-state index in [0.29, 0.717) is 12.0 Å². The van der Waals surface area contributed by atoms with Crippen molar-refractivity contribution < 1.29 is 14.3 Å². The number of thiophene rings is 1. The zero-order chi connectivity index (χ0) is 19.9. The van der Waals surface area contributed by atoms with Crippen LogP contribution >= 0.6 is 11.3 Å². The van der Waals surface area contributed by atoms with Gasteiger partial charge in [0, 0.05) is 29.3 Å². The van der Waals surface area contributed by atoms with Gasteiger partial charge in [-0.1, -0.05) is 20.3 Å². The maximum atomic E-state index is 13.2. The number of ether oxygens (including phenoxy) is 1. The second-order valence-electron chi connectivity index (χ2n) is 9.15. The summed E-state index contributed by atoms with van der Waals surface area (Å²) in [6.07, 6.45) is 6.66. The van der Waals surface area contributed by atoms with E-state index in [1.165, 1.54) is 6.42 Å². The van der Waals surface area contributed by atoms with Crippen LogP contribution in [0.3, 0.4) is 0 Å². The van der Waals surface area contributed by atoms with E-state index < -0.39 is 0 Å². The van der Waals surface area contributed by atoms with E-state index in [4.69, 9.17) is 4.74 Å². The smallest absolute Gasteiger partial charge is 0.337 e. The molecule has 28 heavy (non-hydrogen) atoms. The van der Waals surface area contributed by atoms with Gasteiger partial charge >= 0.3 is 5.97 Å². The van der Waals surface area contributed by atoms with E-state index in [9.17, 15) is 9.59 Å². The number of allylic oxidation sites excluding steroid dienone is 3. The van der Waals surface area contributed by atoms with Crippen molar-refractivity contribution in [2.45, 2.75) is 77.7 Å². The van der Waals surface area contributed by atoms with Crippen LogP contribution in [0.4, 0.5) is 0 Å². The van der Waals surface area contributed by atoms with Crippen LogP contribution in [0.15, 0.2) is 39.4 Å². The molecule has 0 aromatic carbocycles. The van der Waals surface area contributed by atoms with E-state index in [1.807, 2.05) is 18.4 Å². The van der Waals surface area contributed by atoms with Crippen LogP contribution in [0.1, 0.15) is 77.2 Å². The first-order valence-electron chi connectivity index (χ1n) is 10.3. The fourth-order valence-corrected chi connectivity index (χ4v) is 5.56. The highest BCUT2D eigenvalue weighted by Gasteiger charge is 2.43. The van der Waals surface area contributed by atoms with E-state index >= 15 is 0 Å². The first kappa shape index (κ1) is 19.4. The first-order chi connectivity index (χ1) is 13.4. The number of carbonyl (C=O) groups excluding carboxylic acids is 2. The van der Waals surface area contributed by atoms with Crippen LogP contribution in [-0.2, 0) is 14.3 Å². The van der Waals surface area contributed by atoms with Gasteiger partial charge in [0.2, 0.25) is 0 Å². The highest BCUT2D eigenvalue weighted by molar-refractivity contribution is 7.08. The van der Waals surface area contributed by atoms with Crippen LogP contribution in [-0.4, -0.2) is 17.9 Å². The Bertz CT molecular complexity index is 841. The summed E-state index contributed by atoms with van der Waals surface area (Å²) in [6.45, 7) is 6.19. The third-order valence-corrected chi connectivity index (χ3v) is 6.86. The van der Waals surface area contributed by atoms with Gasteiger partial charge in [-0.3, -0.25) is 4.79 Å². The molecule has 0 bridgehead atoms. The second kappa shape index (κ2) is 7.51. The van der Waals surface area contributed by atoms with Gasteiger partial charge in [0.05, 0.1) is 5.57 Å². The Hall–Kier alpha value is -1.88. The average Bonchev–Trinajstić information content (AvgIpc) is 3.14. The second-order valence-corrected chi connectivity index (χ2v) is 9.93. The Kier molecular flexibility index (Phi) is 5.21. The number of nitrogens with one attached hydrogen (secondary N) is 1. The van der Waals surface area contributed by atoms with Crippen LogP contribution in [0.5, 0.6) is 0 Å². The quantitative estimate of drug-likeness (QED) is 0.707. The monoisotopic (exact) mass is 399 g/mol. The maximum Gasteiger partial charge on any atom is 0.337 e. The molecule has 1 unspecified atom stereocenters. The zero-order valence-electron chi connectivity index (χ0n) is 17.0. The fourth-order valence-electron chi connectivity index (χ4n) is 4.88. The summed E-state index contributed by atoms with van der Waals surface area (Å²) in [5, 5.41) is 7.46. The van der Waals surface area contributed by atoms with Gasteiger partial charge in [0.15, 0.2) is 5.78 Å². The molecule has 4 rings (SSSR count). The van der Waals surface area contributed by atoms with Crippen molar-refractivity contribution in [2.24, 2.45) is 5.41 Å². The molecule has 1 aromatic rings. The SMILES string of the molecule is CC1=C(C(=O)OC2CCCCC2)C(c2ccsc2)C2=C(CC(C)(C)CC2=O)N1. The van der Waals surface area contributed by atoms with Crippen LogP contribution in [0.2, 0.25) is 0 Å². The minimum atomic E-state index is -0.317. The molecule has 2 heterocycles. The van der Waals surface area contributed by atoms with Gasteiger partial charge in [-0.15, -0.1) is 0 Å². The summed E-state index contributed by atoms with van der Waals surface area (Å²) < 4.78 is 5.92. The van der Waals surface area contributed by atoms with E-state index in [2.05, 4.69) is 24.5 Å². The predicted molar refractivity (Wildman–Crippen MR) is 111 cm³/mol. The lowest BCUT2D eigenvalue weighted by Gasteiger charge is -2.39. The Labute approximate surface area is 171 Å². The van der Waals surface area contributed by atoms with Crippen molar-refractivity contribution in [1.29, 1.82) is 0 Å². The summed E-state index contributed by atoms with van der Waals surface area (Å²) in [5.41, 5.74) is 4.12. The molecule has 1 aromatic heterocycles. The van der Waals surface area contributed by atoms with Gasteiger partial charge < -0.3 is 10.1 Å².